The van der Waals surface area contributed by atoms with E-state index in [4.69, 9.17) is 15.2 Å². The van der Waals surface area contributed by atoms with Crippen molar-refractivity contribution in [3.8, 4) is 22.6 Å². The first-order valence-electron chi connectivity index (χ1n) is 9.15. The molecule has 0 radical (unpaired) electrons. The number of methoxy groups -OCH3 is 1. The molecule has 0 saturated heterocycles. The second-order valence-electron chi connectivity index (χ2n) is 6.38. The normalized spacial score (nSPS) is 10.6. The van der Waals surface area contributed by atoms with Crippen LogP contribution < -0.4 is 20.8 Å². The molecular formula is C20H24N2O7. The van der Waals surface area contributed by atoms with Gasteiger partial charge in [-0.25, -0.2) is 9.59 Å². The van der Waals surface area contributed by atoms with Crippen LogP contribution in [-0.2, 0) is 0 Å². The minimum Gasteiger partial charge on any atom is -0.493 e. The molecule has 29 heavy (non-hydrogen) atoms. The number of H-pyrrole nitrogens is 1. The number of aromatic carboxylic acids is 2. The van der Waals surface area contributed by atoms with Crippen molar-refractivity contribution in [3.05, 3.63) is 39.7 Å². The fourth-order valence-electron chi connectivity index (χ4n) is 2.99. The molecule has 0 bridgehead atoms. The first-order valence-corrected chi connectivity index (χ1v) is 9.15. The number of nitrogen functional groups attached to an aromatic ring is 1. The van der Waals surface area contributed by atoms with Gasteiger partial charge in [-0.1, -0.05) is 32.3 Å². The highest BCUT2D eigenvalue weighted by molar-refractivity contribution is 6.07. The third-order valence-corrected chi connectivity index (χ3v) is 4.38. The monoisotopic (exact) mass is 404 g/mol. The predicted octanol–water partition coefficient (Wildman–Crippen LogP) is 2.99. The van der Waals surface area contributed by atoms with Gasteiger partial charge in [-0.05, 0) is 24.1 Å². The Morgan fingerprint density at radius 3 is 2.34 bits per heavy atom. The fraction of sp³-hybridized carbons (Fsp3) is 0.350. The lowest BCUT2D eigenvalue weighted by molar-refractivity contribution is 0.0695. The number of anilines is 1. The van der Waals surface area contributed by atoms with Crippen LogP contribution >= 0.6 is 0 Å². The summed E-state index contributed by atoms with van der Waals surface area (Å²) < 4.78 is 11.0. The third-order valence-electron chi connectivity index (χ3n) is 4.38. The van der Waals surface area contributed by atoms with Crippen molar-refractivity contribution >= 4 is 17.8 Å². The van der Waals surface area contributed by atoms with Crippen LogP contribution in [0, 0.1) is 0 Å². The average molecular weight is 404 g/mol. The average Bonchev–Trinajstić information content (AvgIpc) is 2.66. The summed E-state index contributed by atoms with van der Waals surface area (Å²) in [6, 6.07) is 4.44. The number of nitrogens with two attached hydrogens (primary N) is 1. The zero-order valence-corrected chi connectivity index (χ0v) is 16.3. The first kappa shape index (κ1) is 21.8. The minimum absolute atomic E-state index is 0.160. The highest BCUT2D eigenvalue weighted by Gasteiger charge is 2.27. The molecule has 2 rings (SSSR count). The Bertz CT molecular complexity index is 966. The van der Waals surface area contributed by atoms with Gasteiger partial charge in [0.25, 0.3) is 5.56 Å². The second-order valence-corrected chi connectivity index (χ2v) is 6.38. The lowest BCUT2D eigenvalue weighted by Gasteiger charge is -2.15. The Balaban J connectivity index is 2.53. The van der Waals surface area contributed by atoms with Crippen LogP contribution in [0.4, 0.5) is 5.82 Å². The van der Waals surface area contributed by atoms with E-state index in [2.05, 4.69) is 11.9 Å². The number of hydrogen-bond donors (Lipinski definition) is 4. The molecule has 0 aliphatic heterocycles. The van der Waals surface area contributed by atoms with Gasteiger partial charge in [-0.2, -0.15) is 0 Å². The second kappa shape index (κ2) is 9.63. The summed E-state index contributed by atoms with van der Waals surface area (Å²) in [5, 5.41) is 19.0. The quantitative estimate of drug-likeness (QED) is 0.441. The van der Waals surface area contributed by atoms with Crippen LogP contribution in [0.2, 0.25) is 0 Å². The van der Waals surface area contributed by atoms with Crippen molar-refractivity contribution in [2.24, 2.45) is 0 Å². The Kier molecular flexibility index (Phi) is 7.24. The van der Waals surface area contributed by atoms with Gasteiger partial charge in [-0.15, -0.1) is 0 Å². The maximum Gasteiger partial charge on any atom is 0.342 e. The molecule has 0 unspecified atom stereocenters. The summed E-state index contributed by atoms with van der Waals surface area (Å²) in [7, 11) is 1.41. The van der Waals surface area contributed by atoms with Crippen LogP contribution in [-0.4, -0.2) is 40.9 Å². The van der Waals surface area contributed by atoms with E-state index < -0.39 is 34.4 Å². The van der Waals surface area contributed by atoms with Crippen molar-refractivity contribution < 1.29 is 29.3 Å². The van der Waals surface area contributed by atoms with Crippen molar-refractivity contribution in [1.82, 2.24) is 4.98 Å². The summed E-state index contributed by atoms with van der Waals surface area (Å²) in [6.07, 6.45) is 4.12. The maximum atomic E-state index is 12.1. The molecule has 0 fully saturated rings. The smallest absolute Gasteiger partial charge is 0.342 e. The first-order chi connectivity index (χ1) is 13.8. The zero-order chi connectivity index (χ0) is 21.6. The van der Waals surface area contributed by atoms with Gasteiger partial charge < -0.3 is 30.4 Å². The van der Waals surface area contributed by atoms with Crippen LogP contribution in [0.25, 0.3) is 11.1 Å². The van der Waals surface area contributed by atoms with Gasteiger partial charge >= 0.3 is 11.9 Å². The Hall–Kier alpha value is -3.49. The Labute approximate surface area is 167 Å². The van der Waals surface area contributed by atoms with E-state index >= 15 is 0 Å². The van der Waals surface area contributed by atoms with E-state index in [9.17, 15) is 24.6 Å². The van der Waals surface area contributed by atoms with Crippen molar-refractivity contribution in [2.75, 3.05) is 19.5 Å². The van der Waals surface area contributed by atoms with Gasteiger partial charge in [0.1, 0.15) is 16.9 Å². The lowest BCUT2D eigenvalue weighted by atomic mass is 9.95. The van der Waals surface area contributed by atoms with Crippen molar-refractivity contribution in [2.45, 2.75) is 32.6 Å². The number of ether oxygens (including phenoxy) is 2. The molecule has 0 aliphatic rings. The molecule has 9 nitrogen and oxygen atoms in total. The number of hydrogen-bond acceptors (Lipinski definition) is 6. The van der Waals surface area contributed by atoms with E-state index in [-0.39, 0.29) is 16.9 Å². The number of carbonyl (C=O) groups is 2. The molecule has 0 atom stereocenters. The van der Waals surface area contributed by atoms with Gasteiger partial charge in [0.2, 0.25) is 0 Å². The maximum absolute atomic E-state index is 12.1. The number of nitrogens with one attached hydrogen (secondary N) is 1. The number of pyridine rings is 1. The third kappa shape index (κ3) is 4.87. The molecule has 1 aromatic carbocycles. The van der Waals surface area contributed by atoms with E-state index in [1.165, 1.54) is 19.2 Å². The Morgan fingerprint density at radius 1 is 1.07 bits per heavy atom. The Morgan fingerprint density at radius 2 is 1.76 bits per heavy atom. The molecule has 1 heterocycles. The van der Waals surface area contributed by atoms with E-state index in [1.807, 2.05) is 0 Å². The number of carboxylic acids is 2. The van der Waals surface area contributed by atoms with Crippen LogP contribution in [0.5, 0.6) is 11.5 Å². The molecule has 0 aliphatic carbocycles. The zero-order valence-electron chi connectivity index (χ0n) is 16.3. The van der Waals surface area contributed by atoms with Gasteiger partial charge in [-0.3, -0.25) is 4.79 Å². The molecular weight excluding hydrogens is 380 g/mol. The van der Waals surface area contributed by atoms with E-state index in [0.29, 0.717) is 12.4 Å². The molecule has 0 saturated carbocycles. The van der Waals surface area contributed by atoms with Gasteiger partial charge in [0.05, 0.1) is 13.7 Å². The summed E-state index contributed by atoms with van der Waals surface area (Å²) >= 11 is 0. The number of benzene rings is 1. The number of rotatable bonds is 10. The van der Waals surface area contributed by atoms with Crippen molar-refractivity contribution in [3.63, 3.8) is 0 Å². The summed E-state index contributed by atoms with van der Waals surface area (Å²) in [5.41, 5.74) is 3.30. The minimum atomic E-state index is -1.57. The van der Waals surface area contributed by atoms with E-state index in [0.717, 1.165) is 25.7 Å². The van der Waals surface area contributed by atoms with Crippen LogP contribution in [0.15, 0.2) is 23.0 Å². The number of aromatic amines is 1. The van der Waals surface area contributed by atoms with Crippen LogP contribution in [0.1, 0.15) is 53.3 Å². The van der Waals surface area contributed by atoms with E-state index in [1.54, 1.807) is 6.07 Å². The lowest BCUT2D eigenvalue weighted by Crippen LogP contribution is -2.24. The fourth-order valence-corrected chi connectivity index (χ4v) is 2.99. The highest BCUT2D eigenvalue weighted by atomic mass is 16.5. The molecule has 5 N–H and O–H groups in total. The summed E-state index contributed by atoms with van der Waals surface area (Å²) in [6.45, 7) is 2.59. The summed E-state index contributed by atoms with van der Waals surface area (Å²) in [4.78, 5) is 37.5. The molecule has 9 heteroatoms. The largest absolute Gasteiger partial charge is 0.493 e. The highest BCUT2D eigenvalue weighted by Crippen LogP contribution is 2.36. The number of unbranched alkanes of at least 4 members (excludes halogenated alkanes) is 3. The molecule has 0 spiro atoms. The summed E-state index contributed by atoms with van der Waals surface area (Å²) in [5.74, 6) is -2.76. The predicted molar refractivity (Wildman–Crippen MR) is 107 cm³/mol. The van der Waals surface area contributed by atoms with Gasteiger partial charge in [0, 0.05) is 5.56 Å². The molecule has 0 amide bonds. The standard InChI is InChI=1S/C20H24N2O7/c1-3-4-5-6-9-29-12-8-7-11(10-13(12)28-2)14-15(19(24)25)17(21)22-18(23)16(14)20(26)27/h7-8,10H,3-6,9H2,1-2H3,(H,24,25)(H,26,27)(H3,21,22,23). The van der Waals surface area contributed by atoms with Crippen molar-refractivity contribution in [1.29, 1.82) is 0 Å². The topological polar surface area (TPSA) is 152 Å². The molecule has 1 aromatic heterocycles. The van der Waals surface area contributed by atoms with Crippen LogP contribution in [0.3, 0.4) is 0 Å². The molecule has 2 aromatic rings. The number of carboxylic acid groups (broad SMARTS) is 2. The van der Waals surface area contributed by atoms with Gasteiger partial charge in [0.15, 0.2) is 11.5 Å². The SMILES string of the molecule is CCCCCCOc1ccc(-c2c(C(=O)O)c(N)[nH]c(=O)c2C(=O)O)cc1OC. The number of aromatic nitrogens is 1. The molecule has 156 valence electrons.